The van der Waals surface area contributed by atoms with Gasteiger partial charge in [0.25, 0.3) is 0 Å². The number of fused-ring (bicyclic) bond motifs is 8. The van der Waals surface area contributed by atoms with Gasteiger partial charge < -0.3 is 52.1 Å². The number of hydrogen-bond acceptors (Lipinski definition) is 18. The first kappa shape index (κ1) is 65.9. The average Bonchev–Trinajstić information content (AvgIpc) is 3.67. The number of unbranched alkanes of at least 4 members (excludes halogenated alkanes) is 4. The van der Waals surface area contributed by atoms with Crippen LogP contribution in [0.4, 0.5) is 0 Å². The van der Waals surface area contributed by atoms with Crippen molar-refractivity contribution in [3.05, 3.63) is 127 Å². The molecule has 0 spiro atoms. The van der Waals surface area contributed by atoms with Gasteiger partial charge in [0.05, 0.1) is 21.3 Å². The summed E-state index contributed by atoms with van der Waals surface area (Å²) in [5.74, 6) is -5.37. The van der Waals surface area contributed by atoms with Crippen LogP contribution in [0.1, 0.15) is 153 Å². The summed E-state index contributed by atoms with van der Waals surface area (Å²) in [7, 11) is 3.28. The Kier molecular flexibility index (Phi) is 27.4. The molecule has 0 fully saturated rings. The Morgan fingerprint density at radius 3 is 0.723 bits per heavy atom. The van der Waals surface area contributed by atoms with Gasteiger partial charge in [-0.1, -0.05) is 108 Å². The molecule has 1 aliphatic carbocycles. The van der Waals surface area contributed by atoms with E-state index < -0.39 is 41.8 Å². The fourth-order valence-corrected chi connectivity index (χ4v) is 9.68. The minimum Gasteiger partial charge on any atom is -0.489 e. The predicted molar refractivity (Wildman–Crippen MR) is 308 cm³/mol. The predicted octanol–water partition coefficient (Wildman–Crippen LogP) is 9.52. The molecule has 0 heterocycles. The van der Waals surface area contributed by atoms with Crippen molar-refractivity contribution < 1.29 is 85.7 Å². The van der Waals surface area contributed by atoms with Crippen LogP contribution in [0.3, 0.4) is 0 Å². The molecule has 0 radical (unpaired) electrons. The first-order valence-electron chi connectivity index (χ1n) is 28.8. The second-order valence-electron chi connectivity index (χ2n) is 20.3. The van der Waals surface area contributed by atoms with E-state index in [2.05, 4.69) is 97.0 Å². The zero-order valence-electron chi connectivity index (χ0n) is 49.6. The van der Waals surface area contributed by atoms with Gasteiger partial charge in [-0.2, -0.15) is 0 Å². The topological polar surface area (TPSA) is 221 Å². The van der Waals surface area contributed by atoms with Crippen LogP contribution < -0.4 is 18.9 Å². The molecule has 18 nitrogen and oxygen atoms in total. The van der Waals surface area contributed by atoms with Crippen molar-refractivity contribution >= 4 is 41.8 Å². The molecule has 1 aliphatic rings. The maximum absolute atomic E-state index is 12.7. The number of benzene rings is 4. The van der Waals surface area contributed by atoms with Crippen molar-refractivity contribution in [2.75, 3.05) is 74.2 Å². The Bertz CT molecular complexity index is 2750. The number of carbonyl (C=O) groups excluding carboxylic acids is 7. The van der Waals surface area contributed by atoms with Crippen LogP contribution in [-0.2, 0) is 118 Å². The summed E-state index contributed by atoms with van der Waals surface area (Å²) < 4.78 is 62.4. The van der Waals surface area contributed by atoms with Crippen molar-refractivity contribution in [3.8, 4) is 23.0 Å². The lowest BCUT2D eigenvalue weighted by molar-refractivity contribution is -0.166. The normalized spacial score (nSPS) is 11.6. The number of aryl methyl sites for hydroxylation is 4. The van der Waals surface area contributed by atoms with E-state index in [1.165, 1.54) is 0 Å². The molecule has 0 N–H and O–H groups in total. The molecule has 8 bridgehead atoms. The first-order valence-corrected chi connectivity index (χ1v) is 28.8. The summed E-state index contributed by atoms with van der Waals surface area (Å²) in [6.07, 6.45) is 11.3. The summed E-state index contributed by atoms with van der Waals surface area (Å²) in [6, 6.07) is 17.0. The van der Waals surface area contributed by atoms with E-state index in [-0.39, 0.29) is 84.1 Å². The molecular formula is C65H82O18. The smallest absolute Gasteiger partial charge is 0.417 e. The maximum Gasteiger partial charge on any atom is 0.417 e. The van der Waals surface area contributed by atoms with Crippen LogP contribution in [0.25, 0.3) is 0 Å². The number of ether oxygens (including phenoxy) is 11. The van der Waals surface area contributed by atoms with Gasteiger partial charge in [-0.25, -0.2) is 33.6 Å². The van der Waals surface area contributed by atoms with E-state index in [0.29, 0.717) is 23.0 Å². The molecule has 5 rings (SSSR count). The molecule has 0 aliphatic heterocycles. The highest BCUT2D eigenvalue weighted by molar-refractivity contribution is 6.30. The summed E-state index contributed by atoms with van der Waals surface area (Å²) in [4.78, 5) is 86.5. The number of carbonyl (C=O) groups is 7. The summed E-state index contributed by atoms with van der Waals surface area (Å²) in [6.45, 7) is 12.5. The molecule has 0 aromatic heterocycles. The van der Waals surface area contributed by atoms with Crippen molar-refractivity contribution in [1.82, 2.24) is 0 Å². The van der Waals surface area contributed by atoms with E-state index in [9.17, 15) is 33.6 Å². The number of hydrogen-bond donors (Lipinski definition) is 0. The first-order chi connectivity index (χ1) is 40.1. The van der Waals surface area contributed by atoms with Crippen molar-refractivity contribution in [2.45, 2.75) is 137 Å². The molecule has 0 saturated carbocycles. The molecule has 18 heteroatoms. The molecule has 0 saturated heterocycles. The van der Waals surface area contributed by atoms with E-state index in [0.717, 1.165) is 165 Å². The zero-order chi connectivity index (χ0) is 60.3. The standard InChI is InChI=1S/C65H82O18/c1-10-14-18-43-30-47-38-49-32-44(19-15-11-2)34-51(56(49)77-23-27-81-63(70)60(67)73-7)40-53-36-46(21-17-13-4)37-54(58(53)79-25-29-83-65(72)62(69)75-9)41-52-35-45(20-16-12-3)33-50(57(52)78-24-28-82-64(71)61(68)74-8)39-48(31-43)55(47)76-22-26-80-59(66)42(5)6/h30-37H,5,10-29,38-41H2,1-4,6-9H3. The Morgan fingerprint density at radius 2 is 0.542 bits per heavy atom. The molecule has 0 amide bonds. The summed E-state index contributed by atoms with van der Waals surface area (Å²) in [5.41, 5.74) is 10.8. The van der Waals surface area contributed by atoms with Gasteiger partial charge in [0.2, 0.25) is 0 Å². The van der Waals surface area contributed by atoms with Crippen LogP contribution in [-0.4, -0.2) is 116 Å². The second-order valence-corrected chi connectivity index (χ2v) is 20.3. The molecular weight excluding hydrogens is 1070 g/mol. The molecule has 83 heavy (non-hydrogen) atoms. The summed E-state index contributed by atoms with van der Waals surface area (Å²) >= 11 is 0. The van der Waals surface area contributed by atoms with Gasteiger partial charge in [-0.15, -0.1) is 0 Å². The van der Waals surface area contributed by atoms with E-state index in [1.54, 1.807) is 6.92 Å². The summed E-state index contributed by atoms with van der Waals surface area (Å²) in [5, 5.41) is 0. The third-order valence-electron chi connectivity index (χ3n) is 13.7. The van der Waals surface area contributed by atoms with E-state index >= 15 is 0 Å². The lowest BCUT2D eigenvalue weighted by Gasteiger charge is -2.25. The molecule has 4 aromatic rings. The average molecular weight is 1150 g/mol. The van der Waals surface area contributed by atoms with Crippen molar-refractivity contribution in [1.29, 1.82) is 0 Å². The fourth-order valence-electron chi connectivity index (χ4n) is 9.68. The molecule has 0 unspecified atom stereocenters. The van der Waals surface area contributed by atoms with Gasteiger partial charge in [0.1, 0.15) is 75.9 Å². The minimum atomic E-state index is -1.17. The van der Waals surface area contributed by atoms with Gasteiger partial charge >= 0.3 is 41.8 Å². The van der Waals surface area contributed by atoms with Crippen LogP contribution >= 0.6 is 0 Å². The number of rotatable bonds is 29. The minimum absolute atomic E-state index is 0.000416. The van der Waals surface area contributed by atoms with E-state index in [1.807, 2.05) is 0 Å². The Morgan fingerprint density at radius 1 is 0.337 bits per heavy atom. The molecule has 4 aromatic carbocycles. The van der Waals surface area contributed by atoms with Crippen LogP contribution in [0.15, 0.2) is 60.7 Å². The SMILES string of the molecule is C=C(C)C(=O)OCCOc1c2cc(CCCC)cc1Cc1cc(CCCC)cc(c1OCCOC(=O)C(=O)OC)Cc1cc(CCCC)cc(c1OCCOC(=O)C(=O)OC)Cc1cc(CCCC)cc(c1OCCOC(=O)C(=O)OC)C2. The number of esters is 7. The van der Waals surface area contributed by atoms with Crippen LogP contribution in [0.5, 0.6) is 23.0 Å². The van der Waals surface area contributed by atoms with Gasteiger partial charge in [-0.05, 0) is 125 Å². The van der Waals surface area contributed by atoms with Crippen LogP contribution in [0, 0.1) is 0 Å². The largest absolute Gasteiger partial charge is 0.489 e. The van der Waals surface area contributed by atoms with E-state index in [4.69, 9.17) is 37.9 Å². The highest BCUT2D eigenvalue weighted by Gasteiger charge is 2.26. The van der Waals surface area contributed by atoms with Gasteiger partial charge in [-0.3, -0.25) is 0 Å². The number of methoxy groups -OCH3 is 3. The maximum atomic E-state index is 12.7. The lowest BCUT2D eigenvalue weighted by atomic mass is 9.87. The quantitative estimate of drug-likeness (QED) is 0.0143. The van der Waals surface area contributed by atoms with Crippen LogP contribution in [0.2, 0.25) is 0 Å². The fraction of sp³-hybridized carbons (Fsp3) is 0.492. The molecule has 450 valence electrons. The Balaban J connectivity index is 1.90. The van der Waals surface area contributed by atoms with Gasteiger partial charge in [0, 0.05) is 31.3 Å². The van der Waals surface area contributed by atoms with Gasteiger partial charge in [0.15, 0.2) is 0 Å². The second kappa shape index (κ2) is 34.5. The van der Waals surface area contributed by atoms with Crippen molar-refractivity contribution in [2.24, 2.45) is 0 Å². The Labute approximate surface area is 487 Å². The third-order valence-corrected chi connectivity index (χ3v) is 13.7. The lowest BCUT2D eigenvalue weighted by Crippen LogP contribution is -2.22. The zero-order valence-corrected chi connectivity index (χ0v) is 49.6. The third kappa shape index (κ3) is 20.2. The highest BCUT2D eigenvalue weighted by Crippen LogP contribution is 2.41. The molecule has 0 atom stereocenters. The Hall–Kier alpha value is -7.89. The van der Waals surface area contributed by atoms with Crippen molar-refractivity contribution in [3.63, 3.8) is 0 Å². The monoisotopic (exact) mass is 1150 g/mol. The highest BCUT2D eigenvalue weighted by atomic mass is 16.6.